The van der Waals surface area contributed by atoms with Gasteiger partial charge in [-0.05, 0) is 90.8 Å². The summed E-state index contributed by atoms with van der Waals surface area (Å²) in [6.45, 7) is 5.05. The van der Waals surface area contributed by atoms with E-state index in [4.69, 9.17) is 4.84 Å². The summed E-state index contributed by atoms with van der Waals surface area (Å²) in [5, 5.41) is 6.04. The molecule has 0 saturated heterocycles. The van der Waals surface area contributed by atoms with E-state index in [9.17, 15) is 14.4 Å². The van der Waals surface area contributed by atoms with Crippen molar-refractivity contribution in [3.8, 4) is 0 Å². The molecular formula is C35H27NO4S. The van der Waals surface area contributed by atoms with Gasteiger partial charge in [0.2, 0.25) is 5.78 Å². The van der Waals surface area contributed by atoms with E-state index in [1.807, 2.05) is 111 Å². The van der Waals surface area contributed by atoms with Crippen LogP contribution in [0.25, 0.3) is 10.8 Å². The predicted octanol–water partition coefficient (Wildman–Crippen LogP) is 7.99. The first kappa shape index (κ1) is 27.7. The van der Waals surface area contributed by atoms with Crippen LogP contribution in [0, 0.1) is 13.8 Å². The number of oxime groups is 1. The molecule has 202 valence electrons. The van der Waals surface area contributed by atoms with Gasteiger partial charge in [0.05, 0.1) is 0 Å². The van der Waals surface area contributed by atoms with Crippen molar-refractivity contribution < 1.29 is 19.2 Å². The average molecular weight is 558 g/mol. The number of rotatable bonds is 8. The minimum absolute atomic E-state index is 0.0229. The van der Waals surface area contributed by atoms with Crippen molar-refractivity contribution in [3.05, 3.63) is 143 Å². The minimum Gasteiger partial charge on any atom is -0.318 e. The summed E-state index contributed by atoms with van der Waals surface area (Å²) in [5.41, 5.74) is 4.22. The molecule has 0 spiro atoms. The van der Waals surface area contributed by atoms with E-state index in [-0.39, 0.29) is 17.3 Å². The van der Waals surface area contributed by atoms with Gasteiger partial charge < -0.3 is 4.84 Å². The summed E-state index contributed by atoms with van der Waals surface area (Å²) >= 11 is 1.53. The molecule has 0 aromatic heterocycles. The molecule has 0 radical (unpaired) electrons. The average Bonchev–Trinajstić information content (AvgIpc) is 2.99. The van der Waals surface area contributed by atoms with Crippen molar-refractivity contribution in [1.82, 2.24) is 0 Å². The highest BCUT2D eigenvalue weighted by Crippen LogP contribution is 2.29. The fourth-order valence-corrected chi connectivity index (χ4v) is 5.25. The Morgan fingerprint density at radius 2 is 1.27 bits per heavy atom. The van der Waals surface area contributed by atoms with Crippen LogP contribution in [0.15, 0.2) is 124 Å². The fraction of sp³-hybridized carbons (Fsp3) is 0.0857. The number of hydrogen-bond acceptors (Lipinski definition) is 6. The zero-order valence-corrected chi connectivity index (χ0v) is 23.7. The molecule has 5 aromatic rings. The van der Waals surface area contributed by atoms with E-state index in [1.54, 1.807) is 12.1 Å². The second-order valence-corrected chi connectivity index (χ2v) is 10.9. The summed E-state index contributed by atoms with van der Waals surface area (Å²) in [4.78, 5) is 44.7. The monoisotopic (exact) mass is 557 g/mol. The minimum atomic E-state index is -0.600. The number of carbonyl (C=O) groups is 3. The van der Waals surface area contributed by atoms with E-state index >= 15 is 0 Å². The van der Waals surface area contributed by atoms with Gasteiger partial charge in [0.1, 0.15) is 0 Å². The number of nitrogens with zero attached hydrogens (tertiary/aromatic N) is 1. The molecule has 0 bridgehead atoms. The Balaban J connectivity index is 1.31. The van der Waals surface area contributed by atoms with Gasteiger partial charge in [-0.15, -0.1) is 0 Å². The standard InChI is InChI=1S/C35H27NO4S/c1-22-8-9-23(2)32(20-22)33(36-40-24(3)37)35(39)27-14-18-31(19-15-27)41-30-16-12-26(13-17-30)34(38)29-11-10-25-6-4-5-7-28(25)21-29/h4-21H,1-3H3. The van der Waals surface area contributed by atoms with Gasteiger partial charge in [0.25, 0.3) is 0 Å². The Bertz CT molecular complexity index is 1810. The summed E-state index contributed by atoms with van der Waals surface area (Å²) in [5.74, 6) is -0.962. The van der Waals surface area contributed by atoms with Crippen LogP contribution >= 0.6 is 11.8 Å². The number of Topliss-reactive ketones (excluding diaryl/α,β-unsaturated/α-hetero) is 1. The number of aryl methyl sites for hydroxylation is 2. The third-order valence-corrected chi connectivity index (χ3v) is 7.62. The number of benzene rings is 5. The SMILES string of the molecule is CC(=O)ON=C(C(=O)c1ccc(Sc2ccc(C(=O)c3ccc4ccccc4c3)cc2)cc1)c1cc(C)ccc1C. The Morgan fingerprint density at radius 3 is 1.93 bits per heavy atom. The second kappa shape index (κ2) is 12.1. The number of carbonyl (C=O) groups excluding carboxylic acids is 3. The van der Waals surface area contributed by atoms with Crippen LogP contribution < -0.4 is 0 Å². The molecule has 6 heteroatoms. The van der Waals surface area contributed by atoms with Crippen molar-refractivity contribution >= 4 is 45.8 Å². The lowest BCUT2D eigenvalue weighted by atomic mass is 9.96. The van der Waals surface area contributed by atoms with Crippen molar-refractivity contribution in [1.29, 1.82) is 0 Å². The van der Waals surface area contributed by atoms with Crippen molar-refractivity contribution in [2.75, 3.05) is 0 Å². The Kier molecular flexibility index (Phi) is 8.22. The molecule has 0 unspecified atom stereocenters. The lowest BCUT2D eigenvalue weighted by Crippen LogP contribution is -2.18. The molecule has 5 nitrogen and oxygen atoms in total. The quantitative estimate of drug-likeness (QED) is 0.0837. The molecule has 0 fully saturated rings. The Labute approximate surface area is 242 Å². The number of ketones is 2. The van der Waals surface area contributed by atoms with E-state index in [1.165, 1.54) is 18.7 Å². The highest BCUT2D eigenvalue weighted by Gasteiger charge is 2.20. The molecule has 0 N–H and O–H groups in total. The van der Waals surface area contributed by atoms with Crippen LogP contribution in [0.1, 0.15) is 49.9 Å². The molecule has 0 heterocycles. The molecule has 41 heavy (non-hydrogen) atoms. The zero-order valence-electron chi connectivity index (χ0n) is 22.9. The maximum atomic E-state index is 13.4. The van der Waals surface area contributed by atoms with Gasteiger partial charge in [-0.1, -0.05) is 71.0 Å². The third kappa shape index (κ3) is 6.51. The van der Waals surface area contributed by atoms with Crippen LogP contribution in [0.4, 0.5) is 0 Å². The fourth-order valence-electron chi connectivity index (χ4n) is 4.43. The van der Waals surface area contributed by atoms with Crippen LogP contribution in [-0.2, 0) is 9.63 Å². The smallest absolute Gasteiger partial charge is 0.318 e. The molecule has 0 aliphatic carbocycles. The topological polar surface area (TPSA) is 72.8 Å². The summed E-state index contributed by atoms with van der Waals surface area (Å²) in [6, 6.07) is 34.1. The predicted molar refractivity (Wildman–Crippen MR) is 163 cm³/mol. The van der Waals surface area contributed by atoms with Gasteiger partial charge in [0, 0.05) is 39.0 Å². The van der Waals surface area contributed by atoms with Crippen LogP contribution in [0.5, 0.6) is 0 Å². The molecule has 0 atom stereocenters. The van der Waals surface area contributed by atoms with Gasteiger partial charge in [-0.25, -0.2) is 4.79 Å². The highest BCUT2D eigenvalue weighted by atomic mass is 32.2. The lowest BCUT2D eigenvalue weighted by molar-refractivity contribution is -0.140. The van der Waals surface area contributed by atoms with Gasteiger partial charge in [0.15, 0.2) is 11.5 Å². The van der Waals surface area contributed by atoms with Crippen molar-refractivity contribution in [2.45, 2.75) is 30.6 Å². The number of fused-ring (bicyclic) bond motifs is 1. The van der Waals surface area contributed by atoms with Gasteiger partial charge >= 0.3 is 5.97 Å². The molecule has 5 rings (SSSR count). The highest BCUT2D eigenvalue weighted by molar-refractivity contribution is 7.99. The molecule has 0 saturated carbocycles. The first-order valence-electron chi connectivity index (χ1n) is 13.1. The largest absolute Gasteiger partial charge is 0.332 e. The first-order valence-corrected chi connectivity index (χ1v) is 13.9. The molecular weight excluding hydrogens is 530 g/mol. The molecule has 0 amide bonds. The zero-order chi connectivity index (χ0) is 28.9. The lowest BCUT2D eigenvalue weighted by Gasteiger charge is -2.10. The summed E-state index contributed by atoms with van der Waals surface area (Å²) in [6.07, 6.45) is 0. The van der Waals surface area contributed by atoms with E-state index in [0.29, 0.717) is 22.3 Å². The number of hydrogen-bond donors (Lipinski definition) is 0. The second-order valence-electron chi connectivity index (χ2n) is 9.71. The summed E-state index contributed by atoms with van der Waals surface area (Å²) < 4.78 is 0. The maximum Gasteiger partial charge on any atom is 0.332 e. The van der Waals surface area contributed by atoms with Crippen LogP contribution in [-0.4, -0.2) is 23.2 Å². The van der Waals surface area contributed by atoms with E-state index in [0.717, 1.165) is 31.7 Å². The Hall–Kier alpha value is -4.81. The first-order chi connectivity index (χ1) is 19.8. The van der Waals surface area contributed by atoms with Gasteiger partial charge in [-0.3, -0.25) is 9.59 Å². The van der Waals surface area contributed by atoms with E-state index < -0.39 is 5.97 Å². The van der Waals surface area contributed by atoms with Crippen molar-refractivity contribution in [3.63, 3.8) is 0 Å². The van der Waals surface area contributed by atoms with Crippen molar-refractivity contribution in [2.24, 2.45) is 5.16 Å². The summed E-state index contributed by atoms with van der Waals surface area (Å²) in [7, 11) is 0. The van der Waals surface area contributed by atoms with Crippen LogP contribution in [0.3, 0.4) is 0 Å². The van der Waals surface area contributed by atoms with Crippen LogP contribution in [0.2, 0.25) is 0 Å². The molecule has 0 aliphatic heterocycles. The van der Waals surface area contributed by atoms with Gasteiger partial charge in [-0.2, -0.15) is 0 Å². The Morgan fingerprint density at radius 1 is 0.659 bits per heavy atom. The van der Waals surface area contributed by atoms with E-state index in [2.05, 4.69) is 5.16 Å². The molecule has 5 aromatic carbocycles. The normalized spacial score (nSPS) is 11.3. The molecule has 0 aliphatic rings. The third-order valence-electron chi connectivity index (χ3n) is 6.61. The maximum absolute atomic E-state index is 13.4.